The van der Waals surface area contributed by atoms with Gasteiger partial charge in [-0.05, 0) is 36.0 Å². The van der Waals surface area contributed by atoms with Crippen LogP contribution < -0.4 is 0 Å². The third-order valence-corrected chi connectivity index (χ3v) is 3.68. The maximum atomic E-state index is 10.9. The Labute approximate surface area is 128 Å². The van der Waals surface area contributed by atoms with Gasteiger partial charge in [-0.25, -0.2) is 0 Å². The topological polar surface area (TPSA) is 57.5 Å². The van der Waals surface area contributed by atoms with Gasteiger partial charge >= 0.3 is 5.97 Å². The summed E-state index contributed by atoms with van der Waals surface area (Å²) in [4.78, 5) is 10.9. The number of phenols is 1. The van der Waals surface area contributed by atoms with Crippen LogP contribution in [0.1, 0.15) is 62.1 Å². The molecule has 0 radical (unpaired) electrons. The van der Waals surface area contributed by atoms with E-state index in [0.29, 0.717) is 5.75 Å². The van der Waals surface area contributed by atoms with E-state index in [0.717, 1.165) is 68.1 Å². The average molecular weight is 291 g/mol. The van der Waals surface area contributed by atoms with E-state index in [4.69, 9.17) is 5.11 Å². The zero-order valence-corrected chi connectivity index (χ0v) is 13.0. The van der Waals surface area contributed by atoms with Crippen molar-refractivity contribution >= 4 is 5.97 Å². The van der Waals surface area contributed by atoms with E-state index < -0.39 is 5.97 Å². The second-order valence-electron chi connectivity index (χ2n) is 5.60. The van der Waals surface area contributed by atoms with Gasteiger partial charge in [0.1, 0.15) is 5.75 Å². The highest BCUT2D eigenvalue weighted by Gasteiger charge is 2.11. The van der Waals surface area contributed by atoms with Gasteiger partial charge in [-0.15, -0.1) is 0 Å². The maximum Gasteiger partial charge on any atom is 0.307 e. The summed E-state index contributed by atoms with van der Waals surface area (Å²) >= 11 is 0. The normalized spacial score (nSPS) is 10.8. The molecule has 0 unspecified atom stereocenters. The molecule has 0 aliphatic heterocycles. The minimum Gasteiger partial charge on any atom is -0.507 e. The molecule has 0 fully saturated rings. The molecule has 3 nitrogen and oxygen atoms in total. The molecule has 0 bridgehead atoms. The molecule has 2 N–H and O–H groups in total. The first kappa shape index (κ1) is 17.5. The van der Waals surface area contributed by atoms with Crippen LogP contribution in [-0.4, -0.2) is 16.2 Å². The van der Waals surface area contributed by atoms with Gasteiger partial charge in [0, 0.05) is 0 Å². The van der Waals surface area contributed by atoms with Crippen molar-refractivity contribution < 1.29 is 15.0 Å². The fourth-order valence-corrected chi connectivity index (χ4v) is 2.55. The molecular weight excluding hydrogens is 264 g/mol. The number of aromatic hydroxyl groups is 1. The first-order valence-electron chi connectivity index (χ1n) is 7.93. The van der Waals surface area contributed by atoms with Gasteiger partial charge in [-0.1, -0.05) is 44.7 Å². The van der Waals surface area contributed by atoms with Crippen LogP contribution in [0.15, 0.2) is 12.1 Å². The first-order chi connectivity index (χ1) is 10.1. The molecule has 1 rings (SSSR count). The monoisotopic (exact) mass is 291 g/mol. The molecule has 0 amide bonds. The van der Waals surface area contributed by atoms with Gasteiger partial charge in [0.25, 0.3) is 0 Å². The zero-order chi connectivity index (χ0) is 15.7. The maximum absolute atomic E-state index is 10.9. The van der Waals surface area contributed by atoms with Crippen LogP contribution in [0.5, 0.6) is 5.75 Å². The van der Waals surface area contributed by atoms with E-state index in [1.54, 1.807) is 0 Å². The van der Waals surface area contributed by atoms with Crippen molar-refractivity contribution in [1.82, 2.24) is 0 Å². The van der Waals surface area contributed by atoms with Gasteiger partial charge in [0.2, 0.25) is 0 Å². The number of rotatable bonds is 10. The summed E-state index contributed by atoms with van der Waals surface area (Å²) < 4.78 is 0. The van der Waals surface area contributed by atoms with E-state index in [-0.39, 0.29) is 6.42 Å². The number of phenolic OH excluding ortho intramolecular Hbond substituents is 1. The number of carbonyl (C=O) groups is 1. The lowest BCUT2D eigenvalue weighted by Crippen LogP contribution is -2.03. The lowest BCUT2D eigenvalue weighted by Gasteiger charge is -2.13. The van der Waals surface area contributed by atoms with Gasteiger partial charge < -0.3 is 17.1 Å². The van der Waals surface area contributed by atoms with Crippen LogP contribution in [0.3, 0.4) is 0 Å². The number of aryl methyl sites for hydroxylation is 2. The number of benzene rings is 1. The molecule has 0 aliphatic carbocycles. The van der Waals surface area contributed by atoms with E-state index in [1.807, 2.05) is 12.1 Å². The Morgan fingerprint density at radius 1 is 1.10 bits per heavy atom. The molecule has 0 saturated carbocycles. The van der Waals surface area contributed by atoms with Crippen molar-refractivity contribution in [2.75, 3.05) is 0 Å². The predicted octanol–water partition coefficient (Wildman–Crippen LogP) is 4.30. The summed E-state index contributed by atoms with van der Waals surface area (Å²) in [6.07, 6.45) is 7.79. The van der Waals surface area contributed by atoms with Gasteiger partial charge in [-0.2, -0.15) is 6.42 Å². The highest BCUT2D eigenvalue weighted by atomic mass is 16.4. The number of carboxylic acid groups (broad SMARTS) is 1. The molecule has 1 aromatic carbocycles. The molecule has 0 aromatic heterocycles. The first-order valence-corrected chi connectivity index (χ1v) is 7.93. The average Bonchev–Trinajstić information content (AvgIpc) is 2.43. The van der Waals surface area contributed by atoms with Gasteiger partial charge in [0.05, 0.1) is 6.42 Å². The fraction of sp³-hybridized carbons (Fsp3) is 0.556. The summed E-state index contributed by atoms with van der Waals surface area (Å²) in [5.41, 5.74) is 2.57. The Morgan fingerprint density at radius 2 is 1.67 bits per heavy atom. The fourth-order valence-electron chi connectivity index (χ4n) is 2.55. The lowest BCUT2D eigenvalue weighted by atomic mass is 9.95. The number of hydrogen-bond acceptors (Lipinski definition) is 2. The minimum absolute atomic E-state index is 0.0173. The SMILES string of the molecule is [CH2-]CCCCc1cc(CC(=O)O)cc(CCCCC)c1O. The summed E-state index contributed by atoms with van der Waals surface area (Å²) in [5.74, 6) is -0.465. The number of aliphatic carboxylic acids is 1. The van der Waals surface area contributed by atoms with Gasteiger partial charge in [-0.3, -0.25) is 4.79 Å². The van der Waals surface area contributed by atoms with Crippen molar-refractivity contribution in [3.8, 4) is 5.75 Å². The quantitative estimate of drug-likeness (QED) is 0.499. The second kappa shape index (κ2) is 9.43. The van der Waals surface area contributed by atoms with Gasteiger partial charge in [0.15, 0.2) is 0 Å². The van der Waals surface area contributed by atoms with Crippen molar-refractivity contribution in [3.63, 3.8) is 0 Å². The number of hydrogen-bond donors (Lipinski definition) is 2. The Balaban J connectivity index is 2.91. The molecular formula is C18H27O3-. The lowest BCUT2D eigenvalue weighted by molar-refractivity contribution is -0.136. The third-order valence-electron chi connectivity index (χ3n) is 3.68. The molecule has 0 spiro atoms. The second-order valence-corrected chi connectivity index (χ2v) is 5.60. The smallest absolute Gasteiger partial charge is 0.307 e. The largest absolute Gasteiger partial charge is 0.507 e. The Morgan fingerprint density at radius 3 is 2.14 bits per heavy atom. The van der Waals surface area contributed by atoms with E-state index in [1.165, 1.54) is 0 Å². The van der Waals surface area contributed by atoms with Crippen LogP contribution in [0.25, 0.3) is 0 Å². The van der Waals surface area contributed by atoms with Crippen LogP contribution in [-0.2, 0) is 24.1 Å². The third kappa shape index (κ3) is 6.19. The van der Waals surface area contributed by atoms with E-state index in [9.17, 15) is 9.90 Å². The van der Waals surface area contributed by atoms with Crippen LogP contribution >= 0.6 is 0 Å². The summed E-state index contributed by atoms with van der Waals surface area (Å²) in [5, 5.41) is 19.4. The van der Waals surface area contributed by atoms with Crippen LogP contribution in [0, 0.1) is 6.92 Å². The number of carboxylic acids is 1. The molecule has 0 saturated heterocycles. The van der Waals surface area contributed by atoms with Crippen molar-refractivity contribution in [2.45, 2.75) is 64.7 Å². The molecule has 0 atom stereocenters. The molecule has 21 heavy (non-hydrogen) atoms. The predicted molar refractivity (Wildman–Crippen MR) is 85.6 cm³/mol. The molecule has 1 aromatic rings. The Bertz CT molecular complexity index is 421. The minimum atomic E-state index is -0.830. The highest BCUT2D eigenvalue weighted by molar-refractivity contribution is 5.70. The molecule has 0 heterocycles. The zero-order valence-electron chi connectivity index (χ0n) is 13.0. The van der Waals surface area contributed by atoms with Crippen molar-refractivity contribution in [3.05, 3.63) is 35.7 Å². The summed E-state index contributed by atoms with van der Waals surface area (Å²) in [6, 6.07) is 3.69. The number of unbranched alkanes of at least 4 members (excludes halogenated alkanes) is 4. The standard InChI is InChI=1S/C18H27O3/c1-3-5-7-9-15-11-14(13-17(19)20)12-16(18(15)21)10-8-6-4-2/h11-12,21H,1,3-10,13H2,2H3,(H,19,20)/q-1. The van der Waals surface area contributed by atoms with E-state index in [2.05, 4.69) is 13.8 Å². The Kier molecular flexibility index (Phi) is 7.88. The van der Waals surface area contributed by atoms with Crippen molar-refractivity contribution in [2.24, 2.45) is 0 Å². The van der Waals surface area contributed by atoms with E-state index >= 15 is 0 Å². The van der Waals surface area contributed by atoms with Crippen molar-refractivity contribution in [1.29, 1.82) is 0 Å². The Hall–Kier alpha value is -1.51. The molecule has 3 heteroatoms. The van der Waals surface area contributed by atoms with Crippen LogP contribution in [0.4, 0.5) is 0 Å². The molecule has 118 valence electrons. The highest BCUT2D eigenvalue weighted by Crippen LogP contribution is 2.28. The summed E-state index contributed by atoms with van der Waals surface area (Å²) in [7, 11) is 0. The molecule has 0 aliphatic rings. The summed E-state index contributed by atoms with van der Waals surface area (Å²) in [6.45, 7) is 5.97. The van der Waals surface area contributed by atoms with Crippen LogP contribution in [0.2, 0.25) is 0 Å².